The van der Waals surface area contributed by atoms with Gasteiger partial charge < -0.3 is 29.2 Å². The second kappa shape index (κ2) is 18.7. The van der Waals surface area contributed by atoms with Crippen molar-refractivity contribution >= 4 is 23.7 Å². The number of benzene rings is 2. The standard InChI is InChI=1S/C43H64O8S/c1-15-38(46)49-27-30(44)24-42(14,17-3)50-35-21-29(7)37(23-33(35)41(11,12)13)52-36-22-32(40(8,9)10)34(20-28(36)6)48-26-31(45)25-43(18-4,19-5)51-39(47)16-2/h15-16,20-23,30-31,44-45H,1-2,17-19,24-27H2,3-14H3. The largest absolute Gasteiger partial charge is 0.491 e. The maximum atomic E-state index is 12.0. The maximum Gasteiger partial charge on any atom is 0.330 e. The Morgan fingerprint density at radius 2 is 1.21 bits per heavy atom. The molecule has 0 aliphatic heterocycles. The zero-order valence-electron chi connectivity index (χ0n) is 33.7. The van der Waals surface area contributed by atoms with Gasteiger partial charge in [0, 0.05) is 45.9 Å². The zero-order chi connectivity index (χ0) is 39.7. The SMILES string of the molecule is C=CC(=O)OCC(O)CC(C)(CC)Oc1cc(C)c(Sc2cc(C(C)(C)C)c(OCC(O)CC(CC)(CC)OC(=O)C=C)cc2C)cc1C(C)(C)C. The van der Waals surface area contributed by atoms with Gasteiger partial charge >= 0.3 is 11.9 Å². The van der Waals surface area contributed by atoms with Crippen molar-refractivity contribution in [3.05, 3.63) is 71.8 Å². The second-order valence-corrected chi connectivity index (χ2v) is 17.2. The van der Waals surface area contributed by atoms with Gasteiger partial charge in [0.1, 0.15) is 35.9 Å². The summed E-state index contributed by atoms with van der Waals surface area (Å²) in [7, 11) is 0. The molecule has 0 aromatic heterocycles. The third-order valence-corrected chi connectivity index (χ3v) is 10.9. The topological polar surface area (TPSA) is 112 Å². The first-order valence-electron chi connectivity index (χ1n) is 18.4. The molecule has 0 aliphatic rings. The highest BCUT2D eigenvalue weighted by Crippen LogP contribution is 2.44. The fourth-order valence-electron chi connectivity index (χ4n) is 6.01. The number of hydrogen-bond donors (Lipinski definition) is 2. The number of aliphatic hydroxyl groups excluding tert-OH is 2. The molecule has 0 aliphatic carbocycles. The molecular formula is C43H64O8S. The summed E-state index contributed by atoms with van der Waals surface area (Å²) in [5.74, 6) is 0.407. The van der Waals surface area contributed by atoms with Gasteiger partial charge in [-0.05, 0) is 86.3 Å². The summed E-state index contributed by atoms with van der Waals surface area (Å²) in [5, 5.41) is 21.7. The van der Waals surface area contributed by atoms with E-state index in [1.807, 2.05) is 33.8 Å². The fraction of sp³-hybridized carbons (Fsp3) is 0.581. The lowest BCUT2D eigenvalue weighted by Crippen LogP contribution is -2.39. The van der Waals surface area contributed by atoms with Crippen molar-refractivity contribution in [2.45, 2.75) is 159 Å². The van der Waals surface area contributed by atoms with Gasteiger partial charge in [0.25, 0.3) is 0 Å². The molecule has 2 aromatic carbocycles. The van der Waals surface area contributed by atoms with E-state index in [0.717, 1.165) is 49.9 Å². The predicted molar refractivity (Wildman–Crippen MR) is 211 cm³/mol. The van der Waals surface area contributed by atoms with Crippen molar-refractivity contribution in [3.8, 4) is 11.5 Å². The molecule has 0 saturated heterocycles. The molecule has 0 radical (unpaired) electrons. The number of carbonyl (C=O) groups is 2. The monoisotopic (exact) mass is 740 g/mol. The molecule has 8 nitrogen and oxygen atoms in total. The first-order chi connectivity index (χ1) is 24.1. The number of hydrogen-bond acceptors (Lipinski definition) is 9. The van der Waals surface area contributed by atoms with E-state index in [9.17, 15) is 19.8 Å². The third-order valence-electron chi connectivity index (χ3n) is 9.56. The van der Waals surface area contributed by atoms with Gasteiger partial charge in [-0.3, -0.25) is 0 Å². The van der Waals surface area contributed by atoms with Gasteiger partial charge in [-0.1, -0.05) is 87.2 Å². The average Bonchev–Trinajstić information content (AvgIpc) is 3.06. The Balaban J connectivity index is 2.43. The van der Waals surface area contributed by atoms with Gasteiger partial charge in [-0.2, -0.15) is 0 Å². The molecule has 0 heterocycles. The van der Waals surface area contributed by atoms with Gasteiger partial charge in [-0.15, -0.1) is 0 Å². The van der Waals surface area contributed by atoms with Crippen LogP contribution in [0.25, 0.3) is 0 Å². The summed E-state index contributed by atoms with van der Waals surface area (Å²) in [6.45, 7) is 31.8. The number of aryl methyl sites for hydroxylation is 2. The first kappa shape index (κ1) is 44.9. The molecule has 0 spiro atoms. The molecule has 52 heavy (non-hydrogen) atoms. The van der Waals surface area contributed by atoms with E-state index in [1.165, 1.54) is 0 Å². The quantitative estimate of drug-likeness (QED) is 0.107. The number of rotatable bonds is 19. The Hall–Kier alpha value is -3.27. The molecule has 2 N–H and O–H groups in total. The minimum atomic E-state index is -0.888. The van der Waals surface area contributed by atoms with Crippen molar-refractivity contribution in [1.82, 2.24) is 0 Å². The Morgan fingerprint density at radius 1 is 0.731 bits per heavy atom. The van der Waals surface area contributed by atoms with Gasteiger partial charge in [0.2, 0.25) is 0 Å². The molecule has 0 bridgehead atoms. The lowest BCUT2D eigenvalue weighted by atomic mass is 9.85. The third kappa shape index (κ3) is 12.7. The molecule has 0 saturated carbocycles. The Bertz CT molecular complexity index is 1550. The lowest BCUT2D eigenvalue weighted by molar-refractivity contribution is -0.158. The van der Waals surface area contributed by atoms with E-state index in [-0.39, 0.29) is 36.9 Å². The molecule has 0 amide bonds. The molecule has 290 valence electrons. The first-order valence-corrected chi connectivity index (χ1v) is 19.2. The number of carbonyl (C=O) groups excluding carboxylic acids is 2. The maximum absolute atomic E-state index is 12.0. The summed E-state index contributed by atoms with van der Waals surface area (Å²) in [4.78, 5) is 25.8. The summed E-state index contributed by atoms with van der Waals surface area (Å²) < 4.78 is 23.8. The summed E-state index contributed by atoms with van der Waals surface area (Å²) in [6.07, 6.45) is 2.82. The number of esters is 2. The summed E-state index contributed by atoms with van der Waals surface area (Å²) >= 11 is 1.70. The van der Waals surface area contributed by atoms with Crippen LogP contribution in [0.3, 0.4) is 0 Å². The fourth-order valence-corrected chi connectivity index (χ4v) is 7.04. The number of aliphatic hydroxyl groups is 2. The van der Waals surface area contributed by atoms with Gasteiger partial charge in [0.05, 0.1) is 12.2 Å². The van der Waals surface area contributed by atoms with Crippen LogP contribution in [0.5, 0.6) is 11.5 Å². The highest BCUT2D eigenvalue weighted by Gasteiger charge is 2.34. The van der Waals surface area contributed by atoms with Crippen LogP contribution >= 0.6 is 11.8 Å². The van der Waals surface area contributed by atoms with Crippen LogP contribution in [0.4, 0.5) is 0 Å². The van der Waals surface area contributed by atoms with Crippen molar-refractivity contribution < 1.29 is 38.7 Å². The predicted octanol–water partition coefficient (Wildman–Crippen LogP) is 9.50. The molecule has 3 unspecified atom stereocenters. The smallest absolute Gasteiger partial charge is 0.330 e. The van der Waals surface area contributed by atoms with Crippen molar-refractivity contribution in [2.24, 2.45) is 0 Å². The minimum Gasteiger partial charge on any atom is -0.491 e. The van der Waals surface area contributed by atoms with E-state index >= 15 is 0 Å². The summed E-state index contributed by atoms with van der Waals surface area (Å²) in [6, 6.07) is 8.52. The van der Waals surface area contributed by atoms with Crippen molar-refractivity contribution in [2.75, 3.05) is 13.2 Å². The Labute approximate surface area is 317 Å². The Kier molecular flexibility index (Phi) is 16.1. The van der Waals surface area contributed by atoms with E-state index in [0.29, 0.717) is 25.0 Å². The molecule has 9 heteroatoms. The van der Waals surface area contributed by atoms with Crippen LogP contribution in [0.1, 0.15) is 124 Å². The summed E-state index contributed by atoms with van der Waals surface area (Å²) in [5.41, 5.74) is 2.18. The van der Waals surface area contributed by atoms with E-state index in [2.05, 4.69) is 86.7 Å². The Morgan fingerprint density at radius 3 is 1.67 bits per heavy atom. The van der Waals surface area contributed by atoms with Crippen LogP contribution < -0.4 is 9.47 Å². The van der Waals surface area contributed by atoms with E-state index in [4.69, 9.17) is 18.9 Å². The zero-order valence-corrected chi connectivity index (χ0v) is 34.6. The van der Waals surface area contributed by atoms with Crippen LogP contribution in [0.15, 0.2) is 59.4 Å². The van der Waals surface area contributed by atoms with Crippen LogP contribution in [-0.2, 0) is 29.9 Å². The number of ether oxygens (including phenoxy) is 4. The van der Waals surface area contributed by atoms with Crippen LogP contribution in [0, 0.1) is 13.8 Å². The molecule has 2 rings (SSSR count). The average molecular weight is 741 g/mol. The molecule has 0 fully saturated rings. The second-order valence-electron chi connectivity index (χ2n) is 16.1. The van der Waals surface area contributed by atoms with E-state index in [1.54, 1.807) is 11.8 Å². The molecule has 2 aromatic rings. The minimum absolute atomic E-state index is 0.0611. The van der Waals surface area contributed by atoms with Crippen molar-refractivity contribution in [3.63, 3.8) is 0 Å². The van der Waals surface area contributed by atoms with Crippen LogP contribution in [0.2, 0.25) is 0 Å². The highest BCUT2D eigenvalue weighted by molar-refractivity contribution is 7.99. The lowest BCUT2D eigenvalue weighted by Gasteiger charge is -2.35. The van der Waals surface area contributed by atoms with Gasteiger partial charge in [-0.25, -0.2) is 9.59 Å². The van der Waals surface area contributed by atoms with E-state index < -0.39 is 35.3 Å². The van der Waals surface area contributed by atoms with Crippen LogP contribution in [-0.4, -0.2) is 58.8 Å². The normalized spacial score (nSPS) is 14.5. The van der Waals surface area contributed by atoms with Gasteiger partial charge in [0.15, 0.2) is 0 Å². The van der Waals surface area contributed by atoms with Crippen molar-refractivity contribution in [1.29, 1.82) is 0 Å². The molecular weight excluding hydrogens is 677 g/mol. The highest BCUT2D eigenvalue weighted by atomic mass is 32.2. The molecule has 3 atom stereocenters.